The number of anilines is 2. The fourth-order valence-corrected chi connectivity index (χ4v) is 1.94. The number of hydrogen-bond donors (Lipinski definition) is 1. The molecule has 1 saturated heterocycles. The van der Waals surface area contributed by atoms with Gasteiger partial charge in [0.05, 0.1) is 16.8 Å². The zero-order valence-corrected chi connectivity index (χ0v) is 9.25. The average molecular weight is 245 g/mol. The lowest BCUT2D eigenvalue weighted by atomic mass is 10.1. The van der Waals surface area contributed by atoms with Gasteiger partial charge in [-0.2, -0.15) is 0 Å². The predicted molar refractivity (Wildman–Crippen MR) is 63.8 cm³/mol. The second kappa shape index (κ2) is 4.39. The van der Waals surface area contributed by atoms with Gasteiger partial charge in [-0.1, -0.05) is 0 Å². The number of methoxy groups -OCH3 is 1. The van der Waals surface area contributed by atoms with Crippen molar-refractivity contribution in [3.05, 3.63) is 18.2 Å². The molecule has 0 unspecified atom stereocenters. The summed E-state index contributed by atoms with van der Waals surface area (Å²) < 4.78 is 52.7. The molecule has 1 aromatic rings. The second-order valence-corrected chi connectivity index (χ2v) is 4.17. The normalized spacial score (nSPS) is 22.5. The van der Waals surface area contributed by atoms with Gasteiger partial charge in [-0.3, -0.25) is 0 Å². The van der Waals surface area contributed by atoms with Gasteiger partial charge in [-0.15, -0.1) is 0 Å². The summed E-state index contributed by atoms with van der Waals surface area (Å²) >= 11 is 0. The Balaban J connectivity index is 2.24. The minimum atomic E-state index is -2.66. The number of halogens is 2. The van der Waals surface area contributed by atoms with Gasteiger partial charge in [0.15, 0.2) is 0 Å². The summed E-state index contributed by atoms with van der Waals surface area (Å²) in [4.78, 5) is 1.68. The molecule has 0 spiro atoms. The zero-order chi connectivity index (χ0) is 15.0. The van der Waals surface area contributed by atoms with Crippen LogP contribution < -0.4 is 15.4 Å². The van der Waals surface area contributed by atoms with Gasteiger partial charge in [0.1, 0.15) is 5.75 Å². The third kappa shape index (κ3) is 2.60. The van der Waals surface area contributed by atoms with Crippen molar-refractivity contribution in [1.82, 2.24) is 0 Å². The molecule has 0 atom stereocenters. The number of benzene rings is 1. The van der Waals surface area contributed by atoms with Crippen molar-refractivity contribution in [2.45, 2.75) is 18.8 Å². The van der Waals surface area contributed by atoms with E-state index in [1.54, 1.807) is 11.0 Å². The van der Waals surface area contributed by atoms with Crippen LogP contribution in [0.5, 0.6) is 5.75 Å². The van der Waals surface area contributed by atoms with Crippen LogP contribution in [0.1, 0.15) is 17.0 Å². The van der Waals surface area contributed by atoms with Crippen LogP contribution in [-0.4, -0.2) is 26.0 Å². The van der Waals surface area contributed by atoms with E-state index in [4.69, 9.17) is 14.6 Å². The maximum absolute atomic E-state index is 13.2. The molecular weight excluding hydrogens is 226 g/mol. The van der Waals surface area contributed by atoms with Crippen LogP contribution in [0, 0.1) is 0 Å². The lowest BCUT2D eigenvalue weighted by Gasteiger charge is -2.34. The van der Waals surface area contributed by atoms with Crippen LogP contribution in [0.15, 0.2) is 18.2 Å². The van der Waals surface area contributed by atoms with Gasteiger partial charge in [-0.05, 0) is 18.2 Å². The summed E-state index contributed by atoms with van der Waals surface area (Å²) in [6.45, 7) is 0.266. The van der Waals surface area contributed by atoms with Crippen molar-refractivity contribution in [2.75, 3.05) is 30.8 Å². The fraction of sp³-hybridized carbons (Fsp3) is 0.500. The van der Waals surface area contributed by atoms with Gasteiger partial charge in [0.2, 0.25) is 0 Å². The molecule has 17 heavy (non-hydrogen) atoms. The van der Waals surface area contributed by atoms with E-state index in [1.807, 2.05) is 0 Å². The Bertz CT molecular complexity index is 484. The molecule has 1 aromatic carbocycles. The van der Waals surface area contributed by atoms with E-state index in [0.29, 0.717) is 11.4 Å². The molecule has 1 aliphatic rings. The number of ether oxygens (including phenoxy) is 1. The number of alkyl halides is 2. The molecule has 1 aliphatic heterocycles. The summed E-state index contributed by atoms with van der Waals surface area (Å²) in [5, 5.41) is 0. The highest BCUT2D eigenvalue weighted by molar-refractivity contribution is 5.65. The summed E-state index contributed by atoms with van der Waals surface area (Å²) in [6, 6.07) is 4.51. The molecule has 0 radical (unpaired) electrons. The maximum atomic E-state index is 13.2. The Kier molecular flexibility index (Phi) is 2.21. The smallest absolute Gasteiger partial charge is 0.251 e. The monoisotopic (exact) mass is 245 g/mol. The first-order chi connectivity index (χ1) is 9.16. The van der Waals surface area contributed by atoms with Crippen LogP contribution >= 0.6 is 0 Å². The number of nitrogen functional groups attached to an aromatic ring is 1. The molecule has 0 bridgehead atoms. The lowest BCUT2D eigenvalue weighted by Crippen LogP contribution is -2.39. The van der Waals surface area contributed by atoms with E-state index in [0.717, 1.165) is 0 Å². The number of hydrogen-bond acceptors (Lipinski definition) is 3. The van der Waals surface area contributed by atoms with E-state index in [1.165, 1.54) is 12.1 Å². The molecule has 1 fully saturated rings. The molecule has 2 N–H and O–H groups in total. The summed E-state index contributed by atoms with van der Waals surface area (Å²) in [5.41, 5.74) is 6.55. The first-order valence-corrected chi connectivity index (χ1v) is 5.38. The van der Waals surface area contributed by atoms with Crippen molar-refractivity contribution in [3.8, 4) is 5.75 Å². The Hall–Kier alpha value is -1.52. The second-order valence-electron chi connectivity index (χ2n) is 4.17. The fourth-order valence-electron chi connectivity index (χ4n) is 1.94. The van der Waals surface area contributed by atoms with E-state index in [-0.39, 0.29) is 31.7 Å². The molecule has 0 saturated carbocycles. The van der Waals surface area contributed by atoms with Crippen molar-refractivity contribution >= 4 is 11.4 Å². The molecule has 0 aromatic heterocycles. The first-order valence-electron chi connectivity index (χ1n) is 6.88. The first kappa shape index (κ1) is 8.55. The maximum Gasteiger partial charge on any atom is 0.251 e. The quantitative estimate of drug-likeness (QED) is 0.814. The standard InChI is InChI=1S/C12H16F2N2O/c1-17-11-3-2-9(15)8-10(11)16-6-4-12(13,14)5-7-16/h2-3,8H,4-7,15H2,1H3/i1D3. The van der Waals surface area contributed by atoms with Crippen LogP contribution in [0.4, 0.5) is 20.2 Å². The highest BCUT2D eigenvalue weighted by atomic mass is 19.3. The van der Waals surface area contributed by atoms with Crippen molar-refractivity contribution in [3.63, 3.8) is 0 Å². The minimum Gasteiger partial charge on any atom is -0.495 e. The molecule has 3 nitrogen and oxygen atoms in total. The third-order valence-corrected chi connectivity index (χ3v) is 2.93. The summed E-state index contributed by atoms with van der Waals surface area (Å²) in [7, 11) is -2.59. The molecule has 2 rings (SSSR count). The van der Waals surface area contributed by atoms with Crippen molar-refractivity contribution in [1.29, 1.82) is 0 Å². The zero-order valence-electron chi connectivity index (χ0n) is 12.2. The molecule has 94 valence electrons. The predicted octanol–water partition coefficient (Wildman–Crippen LogP) is 2.51. The van der Waals surface area contributed by atoms with Crippen LogP contribution in [0.2, 0.25) is 0 Å². The number of nitrogens with zero attached hydrogens (tertiary/aromatic N) is 1. The highest BCUT2D eigenvalue weighted by Crippen LogP contribution is 2.35. The Morgan fingerprint density at radius 1 is 1.41 bits per heavy atom. The van der Waals surface area contributed by atoms with E-state index in [2.05, 4.69) is 0 Å². The van der Waals surface area contributed by atoms with Gasteiger partial charge in [0, 0.05) is 31.6 Å². The molecular formula is C12H16F2N2O. The molecule has 0 aliphatic carbocycles. The average Bonchev–Trinajstić information content (AvgIpc) is 2.30. The summed E-state index contributed by atoms with van der Waals surface area (Å²) in [6.07, 6.45) is -0.538. The highest BCUT2D eigenvalue weighted by Gasteiger charge is 2.34. The molecule has 1 heterocycles. The number of rotatable bonds is 2. The van der Waals surface area contributed by atoms with Gasteiger partial charge >= 0.3 is 0 Å². The van der Waals surface area contributed by atoms with Crippen LogP contribution in [0.3, 0.4) is 0 Å². The Labute approximate surface area is 103 Å². The largest absolute Gasteiger partial charge is 0.495 e. The van der Waals surface area contributed by atoms with Gasteiger partial charge in [0.25, 0.3) is 5.92 Å². The minimum absolute atomic E-state index is 0.129. The van der Waals surface area contributed by atoms with Crippen LogP contribution in [-0.2, 0) is 0 Å². The van der Waals surface area contributed by atoms with Crippen molar-refractivity contribution in [2.24, 2.45) is 0 Å². The Morgan fingerprint density at radius 2 is 2.12 bits per heavy atom. The summed E-state index contributed by atoms with van der Waals surface area (Å²) in [5.74, 6) is -2.54. The number of nitrogens with two attached hydrogens (primary N) is 1. The number of piperidine rings is 1. The SMILES string of the molecule is [2H]C([2H])([2H])Oc1ccc(N)cc1N1CCC(F)(F)CC1. The third-order valence-electron chi connectivity index (χ3n) is 2.93. The van der Waals surface area contributed by atoms with Gasteiger partial charge in [-0.25, -0.2) is 8.78 Å². The van der Waals surface area contributed by atoms with Crippen molar-refractivity contribution < 1.29 is 17.6 Å². The lowest BCUT2D eigenvalue weighted by molar-refractivity contribution is -0.0221. The Morgan fingerprint density at radius 3 is 2.76 bits per heavy atom. The van der Waals surface area contributed by atoms with E-state index in [9.17, 15) is 8.78 Å². The topological polar surface area (TPSA) is 38.5 Å². The molecule has 5 heteroatoms. The van der Waals surface area contributed by atoms with Gasteiger partial charge < -0.3 is 15.4 Å². The van der Waals surface area contributed by atoms with Crippen LogP contribution in [0.25, 0.3) is 0 Å². The van der Waals surface area contributed by atoms with E-state index >= 15 is 0 Å². The van der Waals surface area contributed by atoms with E-state index < -0.39 is 13.0 Å². The molecule has 0 amide bonds.